The number of para-hydroxylation sites is 1. The van der Waals surface area contributed by atoms with Gasteiger partial charge in [-0.15, -0.1) is 11.8 Å². The van der Waals surface area contributed by atoms with Gasteiger partial charge in [-0.1, -0.05) is 26.0 Å². The molecule has 0 spiro atoms. The van der Waals surface area contributed by atoms with Gasteiger partial charge in [-0.3, -0.25) is 0 Å². The lowest BCUT2D eigenvalue weighted by Crippen LogP contribution is -2.35. The molecule has 0 aliphatic heterocycles. The summed E-state index contributed by atoms with van der Waals surface area (Å²) in [5.74, 6) is 0. The number of benzene rings is 1. The fraction of sp³-hybridized carbons (Fsp3) is 0.533. The molecular weight excluding hydrogens is 272 g/mol. The molecule has 3 N–H and O–H groups in total. The Labute approximate surface area is 124 Å². The second-order valence-corrected chi connectivity index (χ2v) is 7.25. The van der Waals surface area contributed by atoms with Crippen molar-refractivity contribution in [2.24, 2.45) is 5.41 Å². The summed E-state index contributed by atoms with van der Waals surface area (Å²) in [5, 5.41) is 15.4. The average Bonchev–Trinajstić information content (AvgIpc) is 3.19. The number of carbonyl (C=O) groups excluding carboxylic acids is 1. The van der Waals surface area contributed by atoms with E-state index in [-0.39, 0.29) is 18.1 Å². The minimum atomic E-state index is -0.207. The highest BCUT2D eigenvalue weighted by Gasteiger charge is 2.42. The summed E-state index contributed by atoms with van der Waals surface area (Å²) >= 11 is 1.73. The van der Waals surface area contributed by atoms with Crippen molar-refractivity contribution in [2.45, 2.75) is 36.8 Å². The van der Waals surface area contributed by atoms with Gasteiger partial charge in [-0.25, -0.2) is 4.79 Å². The van der Waals surface area contributed by atoms with Crippen LogP contribution in [-0.2, 0) is 0 Å². The maximum atomic E-state index is 11.9. The van der Waals surface area contributed by atoms with Crippen molar-refractivity contribution in [3.8, 4) is 0 Å². The third-order valence-corrected chi connectivity index (χ3v) is 4.50. The number of hydrogen-bond acceptors (Lipinski definition) is 3. The van der Waals surface area contributed by atoms with E-state index in [4.69, 9.17) is 0 Å². The zero-order valence-corrected chi connectivity index (χ0v) is 12.8. The van der Waals surface area contributed by atoms with Crippen LogP contribution in [0.1, 0.15) is 26.7 Å². The molecule has 1 fully saturated rings. The molecule has 2 amide bonds. The van der Waals surface area contributed by atoms with E-state index >= 15 is 0 Å². The Kier molecular flexibility index (Phi) is 4.94. The normalized spacial score (nSPS) is 16.0. The number of hydrogen-bond donors (Lipinski definition) is 3. The number of amides is 2. The fourth-order valence-corrected chi connectivity index (χ4v) is 2.84. The van der Waals surface area contributed by atoms with Crippen LogP contribution in [0.4, 0.5) is 10.5 Å². The maximum Gasteiger partial charge on any atom is 0.319 e. The first-order chi connectivity index (χ1) is 9.54. The van der Waals surface area contributed by atoms with Gasteiger partial charge < -0.3 is 15.7 Å². The predicted molar refractivity (Wildman–Crippen MR) is 83.2 cm³/mol. The number of rotatable bonds is 6. The smallest absolute Gasteiger partial charge is 0.319 e. The topological polar surface area (TPSA) is 61.4 Å². The molecule has 0 radical (unpaired) electrons. The highest BCUT2D eigenvalue weighted by molar-refractivity contribution is 8.00. The third-order valence-electron chi connectivity index (χ3n) is 3.41. The van der Waals surface area contributed by atoms with Crippen LogP contribution in [0.2, 0.25) is 0 Å². The highest BCUT2D eigenvalue weighted by Crippen LogP contribution is 2.44. The fourth-order valence-electron chi connectivity index (χ4n) is 1.93. The number of anilines is 1. The van der Waals surface area contributed by atoms with Crippen LogP contribution < -0.4 is 10.6 Å². The van der Waals surface area contributed by atoms with Crippen molar-refractivity contribution in [3.05, 3.63) is 24.3 Å². The number of thioether (sulfide) groups is 1. The van der Waals surface area contributed by atoms with E-state index in [1.807, 2.05) is 24.3 Å². The van der Waals surface area contributed by atoms with Crippen LogP contribution in [0.5, 0.6) is 0 Å². The first-order valence-corrected chi connectivity index (χ1v) is 7.84. The van der Waals surface area contributed by atoms with Gasteiger partial charge >= 0.3 is 6.03 Å². The Hall–Kier alpha value is -1.20. The van der Waals surface area contributed by atoms with E-state index in [1.54, 1.807) is 11.8 Å². The number of nitrogens with one attached hydrogen (secondary N) is 2. The summed E-state index contributed by atoms with van der Waals surface area (Å²) in [6, 6.07) is 7.59. The van der Waals surface area contributed by atoms with Crippen LogP contribution in [-0.4, -0.2) is 29.5 Å². The minimum Gasteiger partial charge on any atom is -0.396 e. The molecule has 0 aromatic heterocycles. The molecule has 1 aliphatic carbocycles. The van der Waals surface area contributed by atoms with Crippen LogP contribution in [0.15, 0.2) is 29.2 Å². The molecule has 20 heavy (non-hydrogen) atoms. The van der Waals surface area contributed by atoms with Crippen LogP contribution >= 0.6 is 11.8 Å². The minimum absolute atomic E-state index is 0.0659. The molecule has 5 heteroatoms. The van der Waals surface area contributed by atoms with Crippen molar-refractivity contribution in [1.29, 1.82) is 0 Å². The maximum absolute atomic E-state index is 11.9. The summed E-state index contributed by atoms with van der Waals surface area (Å²) in [6.45, 7) is 4.93. The van der Waals surface area contributed by atoms with E-state index in [1.165, 1.54) is 0 Å². The van der Waals surface area contributed by atoms with Crippen molar-refractivity contribution in [3.63, 3.8) is 0 Å². The Morgan fingerprint density at radius 2 is 2.10 bits per heavy atom. The van der Waals surface area contributed by atoms with E-state index < -0.39 is 0 Å². The molecule has 0 heterocycles. The summed E-state index contributed by atoms with van der Waals surface area (Å²) in [4.78, 5) is 13.0. The molecule has 1 saturated carbocycles. The Balaban J connectivity index is 1.90. The largest absolute Gasteiger partial charge is 0.396 e. The number of aliphatic hydroxyl groups is 1. The standard InChI is InChI=1S/C15H22N2O2S/c1-11(2)20-13-6-4-3-5-12(13)17-14(19)16-9-15(10-18)7-8-15/h3-6,11,18H,7-10H2,1-2H3,(H2,16,17,19). The summed E-state index contributed by atoms with van der Waals surface area (Å²) in [5.41, 5.74) is 0.765. The zero-order valence-electron chi connectivity index (χ0n) is 12.0. The lowest BCUT2D eigenvalue weighted by molar-refractivity contribution is 0.206. The van der Waals surface area contributed by atoms with Crippen molar-refractivity contribution in [1.82, 2.24) is 5.32 Å². The lowest BCUT2D eigenvalue weighted by Gasteiger charge is -2.15. The van der Waals surface area contributed by atoms with E-state index in [0.717, 1.165) is 23.4 Å². The van der Waals surface area contributed by atoms with Gasteiger partial charge in [0.2, 0.25) is 0 Å². The third kappa shape index (κ3) is 4.15. The second-order valence-electron chi connectivity index (χ2n) is 5.63. The highest BCUT2D eigenvalue weighted by atomic mass is 32.2. The monoisotopic (exact) mass is 294 g/mol. The SMILES string of the molecule is CC(C)Sc1ccccc1NC(=O)NCC1(CO)CC1. The first-order valence-electron chi connectivity index (χ1n) is 6.96. The zero-order chi connectivity index (χ0) is 14.6. The lowest BCUT2D eigenvalue weighted by atomic mass is 10.1. The van der Waals surface area contributed by atoms with E-state index in [2.05, 4.69) is 24.5 Å². The summed E-state index contributed by atoms with van der Waals surface area (Å²) in [6.07, 6.45) is 1.98. The number of carbonyl (C=O) groups is 1. The molecule has 1 aromatic rings. The van der Waals surface area contributed by atoms with Gasteiger partial charge in [0.25, 0.3) is 0 Å². The molecule has 0 saturated heterocycles. The Bertz CT molecular complexity index is 473. The quantitative estimate of drug-likeness (QED) is 0.707. The molecular formula is C15H22N2O2S. The molecule has 0 unspecified atom stereocenters. The summed E-state index contributed by atoms with van der Waals surface area (Å²) in [7, 11) is 0. The van der Waals surface area contributed by atoms with Crippen LogP contribution in [0.3, 0.4) is 0 Å². The van der Waals surface area contributed by atoms with E-state index in [9.17, 15) is 9.90 Å². The molecule has 0 atom stereocenters. The van der Waals surface area contributed by atoms with Crippen molar-refractivity contribution < 1.29 is 9.90 Å². The Morgan fingerprint density at radius 3 is 2.70 bits per heavy atom. The molecule has 0 bridgehead atoms. The van der Waals surface area contributed by atoms with Crippen LogP contribution in [0, 0.1) is 5.41 Å². The molecule has 1 aromatic carbocycles. The van der Waals surface area contributed by atoms with Gasteiger partial charge in [0.05, 0.1) is 12.3 Å². The van der Waals surface area contributed by atoms with Gasteiger partial charge in [0.15, 0.2) is 0 Å². The molecule has 110 valence electrons. The Morgan fingerprint density at radius 1 is 1.40 bits per heavy atom. The van der Waals surface area contributed by atoms with Crippen molar-refractivity contribution in [2.75, 3.05) is 18.5 Å². The van der Waals surface area contributed by atoms with Gasteiger partial charge in [0, 0.05) is 22.1 Å². The second kappa shape index (κ2) is 6.50. The number of urea groups is 1. The first kappa shape index (κ1) is 15.2. The average molecular weight is 294 g/mol. The molecule has 4 nitrogen and oxygen atoms in total. The van der Waals surface area contributed by atoms with Crippen molar-refractivity contribution >= 4 is 23.5 Å². The van der Waals surface area contributed by atoms with Gasteiger partial charge in [-0.2, -0.15) is 0 Å². The molecule has 1 aliphatic rings. The van der Waals surface area contributed by atoms with E-state index in [0.29, 0.717) is 11.8 Å². The van der Waals surface area contributed by atoms with Crippen LogP contribution in [0.25, 0.3) is 0 Å². The number of aliphatic hydroxyl groups excluding tert-OH is 1. The van der Waals surface area contributed by atoms with Gasteiger partial charge in [0.1, 0.15) is 0 Å². The predicted octanol–water partition coefficient (Wildman–Crippen LogP) is 3.08. The molecule has 2 rings (SSSR count). The summed E-state index contributed by atoms with van der Waals surface area (Å²) < 4.78 is 0. The van der Waals surface area contributed by atoms with Gasteiger partial charge in [-0.05, 0) is 25.0 Å².